The molecule has 30 heavy (non-hydrogen) atoms. The van der Waals surface area contributed by atoms with Crippen molar-refractivity contribution in [2.45, 2.75) is 13.0 Å². The van der Waals surface area contributed by atoms with Crippen LogP contribution in [0, 0.1) is 11.8 Å². The summed E-state index contributed by atoms with van der Waals surface area (Å²) in [6.07, 6.45) is 4.12. The number of pyridine rings is 1. The average molecular weight is 402 g/mol. The maximum absolute atomic E-state index is 12.9. The van der Waals surface area contributed by atoms with Gasteiger partial charge in [-0.3, -0.25) is 14.6 Å². The first-order valence-electron chi connectivity index (χ1n) is 10.2. The van der Waals surface area contributed by atoms with E-state index < -0.39 is 0 Å². The molecule has 1 atom stereocenters. The molecular formula is C23H22N4O3. The lowest BCUT2D eigenvalue weighted by molar-refractivity contribution is -0.143. The van der Waals surface area contributed by atoms with Crippen LogP contribution in [0.1, 0.15) is 5.56 Å². The highest BCUT2D eigenvalue weighted by molar-refractivity contribution is 5.80. The fourth-order valence-corrected chi connectivity index (χ4v) is 4.11. The Kier molecular flexibility index (Phi) is 4.78. The highest BCUT2D eigenvalue weighted by Gasteiger charge is 2.36. The normalized spacial score (nSPS) is 18.3. The van der Waals surface area contributed by atoms with Gasteiger partial charge in [-0.2, -0.15) is 5.10 Å². The van der Waals surface area contributed by atoms with Crippen molar-refractivity contribution in [3.05, 3.63) is 76.8 Å². The second-order valence-electron chi connectivity index (χ2n) is 7.90. The summed E-state index contributed by atoms with van der Waals surface area (Å²) in [6.45, 7) is 2.21. The van der Waals surface area contributed by atoms with Gasteiger partial charge in [0.2, 0.25) is 5.91 Å². The molecule has 5 rings (SSSR count). The lowest BCUT2D eigenvalue weighted by atomic mass is 9.92. The Bertz CT molecular complexity index is 1120. The van der Waals surface area contributed by atoms with Gasteiger partial charge in [-0.15, -0.1) is 0 Å². The van der Waals surface area contributed by atoms with Crippen LogP contribution in [0.5, 0.6) is 5.75 Å². The Morgan fingerprint density at radius 2 is 1.87 bits per heavy atom. The van der Waals surface area contributed by atoms with Crippen molar-refractivity contribution in [1.29, 1.82) is 0 Å². The van der Waals surface area contributed by atoms with Crippen LogP contribution in [0.15, 0.2) is 65.7 Å². The number of carbonyl (C=O) groups is 1. The van der Waals surface area contributed by atoms with Crippen molar-refractivity contribution >= 4 is 5.91 Å². The maximum Gasteiger partial charge on any atom is 0.266 e. The van der Waals surface area contributed by atoms with Crippen molar-refractivity contribution in [2.75, 3.05) is 19.7 Å². The van der Waals surface area contributed by atoms with Crippen LogP contribution in [0.4, 0.5) is 0 Å². The molecule has 7 nitrogen and oxygen atoms in total. The Morgan fingerprint density at radius 3 is 2.70 bits per heavy atom. The first-order chi connectivity index (χ1) is 14.7. The monoisotopic (exact) mass is 402 g/mol. The molecule has 0 radical (unpaired) electrons. The fraction of sp³-hybridized carbons (Fsp3) is 0.304. The maximum atomic E-state index is 12.9. The second kappa shape index (κ2) is 7.74. The molecule has 0 N–H and O–H groups in total. The predicted molar refractivity (Wildman–Crippen MR) is 111 cm³/mol. The standard InChI is InChI=1S/C23H22N4O3/c28-22-6-5-20(17-7-9-24-10-8-17)25-27(22)14-16-12-26(13-16)23(29)19-11-18-3-1-2-4-21(18)30-15-19/h1-10,16,19H,11-15H2. The number of ether oxygens (including phenoxy) is 1. The Balaban J connectivity index is 1.21. The number of likely N-dealkylation sites (tertiary alicyclic amines) is 1. The molecule has 1 aromatic carbocycles. The van der Waals surface area contributed by atoms with E-state index in [2.05, 4.69) is 10.1 Å². The molecule has 0 aliphatic carbocycles. The predicted octanol–water partition coefficient (Wildman–Crippen LogP) is 2.01. The Labute approximate surface area is 173 Å². The summed E-state index contributed by atoms with van der Waals surface area (Å²) in [7, 11) is 0. The van der Waals surface area contributed by atoms with E-state index in [0.29, 0.717) is 32.7 Å². The molecule has 1 fully saturated rings. The third kappa shape index (κ3) is 3.58. The Morgan fingerprint density at radius 1 is 1.07 bits per heavy atom. The van der Waals surface area contributed by atoms with E-state index in [0.717, 1.165) is 22.6 Å². The number of fused-ring (bicyclic) bond motifs is 1. The van der Waals surface area contributed by atoms with Crippen LogP contribution in [0.2, 0.25) is 0 Å². The first-order valence-corrected chi connectivity index (χ1v) is 10.2. The quantitative estimate of drug-likeness (QED) is 0.667. The number of carbonyl (C=O) groups excluding carboxylic acids is 1. The smallest absolute Gasteiger partial charge is 0.266 e. The summed E-state index contributed by atoms with van der Waals surface area (Å²) in [6, 6.07) is 14.9. The largest absolute Gasteiger partial charge is 0.492 e. The number of rotatable bonds is 4. The molecule has 1 unspecified atom stereocenters. The lowest BCUT2D eigenvalue weighted by Gasteiger charge is -2.41. The number of aromatic nitrogens is 3. The zero-order valence-corrected chi connectivity index (χ0v) is 16.5. The van der Waals surface area contributed by atoms with Gasteiger partial charge in [0.1, 0.15) is 12.4 Å². The number of nitrogens with zero attached hydrogens (tertiary/aromatic N) is 4. The lowest BCUT2D eigenvalue weighted by Crippen LogP contribution is -2.55. The van der Waals surface area contributed by atoms with Crippen LogP contribution in [0.25, 0.3) is 11.3 Å². The SMILES string of the molecule is O=C(C1COc2ccccc2C1)N1CC(Cn2nc(-c3ccncc3)ccc2=O)C1. The minimum atomic E-state index is -0.142. The van der Waals surface area contributed by atoms with Gasteiger partial charge >= 0.3 is 0 Å². The molecule has 3 aromatic rings. The third-order valence-corrected chi connectivity index (χ3v) is 5.77. The van der Waals surface area contributed by atoms with Gasteiger partial charge in [0.25, 0.3) is 5.56 Å². The minimum Gasteiger partial charge on any atom is -0.492 e. The van der Waals surface area contributed by atoms with Gasteiger partial charge in [0, 0.05) is 43.0 Å². The minimum absolute atomic E-state index is 0.130. The molecule has 0 spiro atoms. The van der Waals surface area contributed by atoms with E-state index in [9.17, 15) is 9.59 Å². The van der Waals surface area contributed by atoms with Gasteiger partial charge < -0.3 is 9.64 Å². The van der Waals surface area contributed by atoms with Crippen LogP contribution in [0.3, 0.4) is 0 Å². The van der Waals surface area contributed by atoms with Gasteiger partial charge in [-0.05, 0) is 36.2 Å². The summed E-state index contributed by atoms with van der Waals surface area (Å²) in [4.78, 5) is 31.0. The molecule has 152 valence electrons. The van der Waals surface area contributed by atoms with Crippen molar-refractivity contribution in [1.82, 2.24) is 19.7 Å². The average Bonchev–Trinajstić information content (AvgIpc) is 2.77. The van der Waals surface area contributed by atoms with Crippen LogP contribution in [-0.2, 0) is 17.8 Å². The third-order valence-electron chi connectivity index (χ3n) is 5.77. The summed E-state index contributed by atoms with van der Waals surface area (Å²) >= 11 is 0. The molecule has 2 aliphatic rings. The van der Waals surface area contributed by atoms with Crippen molar-refractivity contribution < 1.29 is 9.53 Å². The van der Waals surface area contributed by atoms with E-state index in [-0.39, 0.29) is 23.3 Å². The topological polar surface area (TPSA) is 77.3 Å². The molecule has 1 amide bonds. The molecule has 7 heteroatoms. The van der Waals surface area contributed by atoms with Crippen LogP contribution >= 0.6 is 0 Å². The summed E-state index contributed by atoms with van der Waals surface area (Å²) in [5.41, 5.74) is 2.61. The number of para-hydroxylation sites is 1. The van der Waals surface area contributed by atoms with Crippen LogP contribution < -0.4 is 10.3 Å². The second-order valence-corrected chi connectivity index (χ2v) is 7.90. The Hall–Kier alpha value is -3.48. The summed E-state index contributed by atoms with van der Waals surface area (Å²) in [5, 5.41) is 4.50. The molecule has 4 heterocycles. The van der Waals surface area contributed by atoms with E-state index in [1.54, 1.807) is 24.5 Å². The van der Waals surface area contributed by atoms with Gasteiger partial charge in [-0.25, -0.2) is 4.68 Å². The van der Waals surface area contributed by atoms with E-state index >= 15 is 0 Å². The number of hydrogen-bond acceptors (Lipinski definition) is 5. The number of amides is 1. The van der Waals surface area contributed by atoms with Gasteiger partial charge in [0.05, 0.1) is 18.2 Å². The highest BCUT2D eigenvalue weighted by Crippen LogP contribution is 2.29. The van der Waals surface area contributed by atoms with Gasteiger partial charge in [-0.1, -0.05) is 18.2 Å². The zero-order valence-electron chi connectivity index (χ0n) is 16.5. The van der Waals surface area contributed by atoms with Crippen molar-refractivity contribution in [2.24, 2.45) is 11.8 Å². The molecule has 2 aromatic heterocycles. The van der Waals surface area contributed by atoms with Crippen LogP contribution in [-0.4, -0.2) is 45.3 Å². The zero-order chi connectivity index (χ0) is 20.5. The van der Waals surface area contributed by atoms with E-state index in [1.165, 1.54) is 4.68 Å². The highest BCUT2D eigenvalue weighted by atomic mass is 16.5. The summed E-state index contributed by atoms with van der Waals surface area (Å²) in [5.74, 6) is 1.09. The molecular weight excluding hydrogens is 380 g/mol. The molecule has 0 saturated carbocycles. The molecule has 2 aliphatic heterocycles. The molecule has 1 saturated heterocycles. The van der Waals surface area contributed by atoms with Gasteiger partial charge in [0.15, 0.2) is 0 Å². The fourth-order valence-electron chi connectivity index (χ4n) is 4.11. The summed E-state index contributed by atoms with van der Waals surface area (Å²) < 4.78 is 7.26. The van der Waals surface area contributed by atoms with Crippen molar-refractivity contribution in [3.8, 4) is 17.0 Å². The molecule has 0 bridgehead atoms. The van der Waals surface area contributed by atoms with Crippen molar-refractivity contribution in [3.63, 3.8) is 0 Å². The first kappa shape index (κ1) is 18.5. The van der Waals surface area contributed by atoms with E-state index in [4.69, 9.17) is 4.74 Å². The number of benzene rings is 1. The number of hydrogen-bond donors (Lipinski definition) is 0. The van der Waals surface area contributed by atoms with E-state index in [1.807, 2.05) is 41.3 Å².